The minimum atomic E-state index is -1.10. The maximum atomic E-state index is 12.1. The van der Waals surface area contributed by atoms with Crippen molar-refractivity contribution in [3.8, 4) is 0 Å². The van der Waals surface area contributed by atoms with E-state index in [9.17, 15) is 14.7 Å². The molecule has 0 aromatic heterocycles. The van der Waals surface area contributed by atoms with E-state index in [4.69, 9.17) is 0 Å². The topological polar surface area (TPSA) is 66.4 Å². The molecule has 0 aliphatic carbocycles. The number of carbonyl (C=O) groups is 2. The first-order valence-corrected chi connectivity index (χ1v) is 7.34. The van der Waals surface area contributed by atoms with Crippen molar-refractivity contribution in [2.75, 3.05) is 5.32 Å². The van der Waals surface area contributed by atoms with Crippen LogP contribution in [0.4, 0.5) is 5.69 Å². The Labute approximate surface area is 136 Å². The number of carbonyl (C=O) groups excluding carboxylic acids is 1. The van der Waals surface area contributed by atoms with Gasteiger partial charge in [0, 0.05) is 10.5 Å². The Kier molecular flexibility index (Phi) is 5.12. The van der Waals surface area contributed by atoms with Crippen LogP contribution in [0.2, 0.25) is 0 Å². The van der Waals surface area contributed by atoms with Gasteiger partial charge in [-0.25, -0.2) is 4.79 Å². The monoisotopic (exact) mass is 359 g/mol. The fourth-order valence-corrected chi connectivity index (χ4v) is 2.31. The molecule has 2 aromatic rings. The standard InChI is InChI=1S/C17H14BrNO3/c1-11(12-5-3-2-4-6-12)9-16(20)19-15-8-7-13(18)10-14(15)17(21)22/h2-10H,1H3,(H,19,20)(H,21,22)/b11-9+. The van der Waals surface area contributed by atoms with Crippen molar-refractivity contribution < 1.29 is 14.7 Å². The number of carboxylic acids is 1. The zero-order valence-electron chi connectivity index (χ0n) is 11.8. The highest BCUT2D eigenvalue weighted by Gasteiger charge is 2.12. The molecule has 2 rings (SSSR count). The summed E-state index contributed by atoms with van der Waals surface area (Å²) in [4.78, 5) is 23.3. The quantitative estimate of drug-likeness (QED) is 0.804. The minimum Gasteiger partial charge on any atom is -0.478 e. The molecule has 2 aromatic carbocycles. The van der Waals surface area contributed by atoms with Crippen LogP contribution in [0.25, 0.3) is 5.57 Å². The summed E-state index contributed by atoms with van der Waals surface area (Å²) < 4.78 is 0.638. The van der Waals surface area contributed by atoms with Gasteiger partial charge in [0.1, 0.15) is 0 Å². The zero-order chi connectivity index (χ0) is 16.1. The minimum absolute atomic E-state index is 0.0356. The number of benzene rings is 2. The van der Waals surface area contributed by atoms with Crippen molar-refractivity contribution in [3.63, 3.8) is 0 Å². The Morgan fingerprint density at radius 2 is 1.82 bits per heavy atom. The SMILES string of the molecule is C/C(=C\C(=O)Nc1ccc(Br)cc1C(=O)O)c1ccccc1. The number of halogens is 1. The number of anilines is 1. The first kappa shape index (κ1) is 16.0. The highest BCUT2D eigenvalue weighted by molar-refractivity contribution is 9.10. The Hall–Kier alpha value is -2.40. The second-order valence-electron chi connectivity index (χ2n) is 4.68. The molecular formula is C17H14BrNO3. The molecule has 0 saturated carbocycles. The van der Waals surface area contributed by atoms with Crippen LogP contribution in [0.3, 0.4) is 0 Å². The average Bonchev–Trinajstić information content (AvgIpc) is 2.49. The van der Waals surface area contributed by atoms with Gasteiger partial charge in [0.25, 0.3) is 0 Å². The van der Waals surface area contributed by atoms with E-state index in [1.54, 1.807) is 12.1 Å². The fraction of sp³-hybridized carbons (Fsp3) is 0.0588. The first-order valence-electron chi connectivity index (χ1n) is 6.55. The van der Waals surface area contributed by atoms with E-state index in [0.29, 0.717) is 4.47 Å². The predicted octanol–water partition coefficient (Wildman–Crippen LogP) is 4.19. The predicted molar refractivity (Wildman–Crippen MR) is 89.8 cm³/mol. The number of allylic oxidation sites excluding steroid dienone is 1. The largest absolute Gasteiger partial charge is 0.478 e. The number of rotatable bonds is 4. The van der Waals surface area contributed by atoms with Crippen molar-refractivity contribution in [2.24, 2.45) is 0 Å². The molecule has 1 amide bonds. The Morgan fingerprint density at radius 1 is 1.14 bits per heavy atom. The van der Waals surface area contributed by atoms with E-state index < -0.39 is 5.97 Å². The second-order valence-corrected chi connectivity index (χ2v) is 5.59. The molecule has 4 nitrogen and oxygen atoms in total. The molecule has 0 aliphatic heterocycles. The van der Waals surface area contributed by atoms with Crippen molar-refractivity contribution >= 4 is 39.1 Å². The summed E-state index contributed by atoms with van der Waals surface area (Å²) >= 11 is 3.21. The molecule has 0 unspecified atom stereocenters. The lowest BCUT2D eigenvalue weighted by Crippen LogP contribution is -2.12. The van der Waals surface area contributed by atoms with Gasteiger partial charge in [-0.3, -0.25) is 4.79 Å². The summed E-state index contributed by atoms with van der Waals surface area (Å²) in [5.74, 6) is -1.47. The summed E-state index contributed by atoms with van der Waals surface area (Å²) in [6.45, 7) is 1.83. The molecule has 0 fully saturated rings. The normalized spacial score (nSPS) is 11.1. The van der Waals surface area contributed by atoms with E-state index in [1.165, 1.54) is 12.1 Å². The fourth-order valence-electron chi connectivity index (χ4n) is 1.95. The zero-order valence-corrected chi connectivity index (χ0v) is 13.4. The smallest absolute Gasteiger partial charge is 0.337 e. The number of aromatic carboxylic acids is 1. The summed E-state index contributed by atoms with van der Waals surface area (Å²) in [7, 11) is 0. The van der Waals surface area contributed by atoms with Gasteiger partial charge in [0.2, 0.25) is 5.91 Å². The number of hydrogen-bond donors (Lipinski definition) is 2. The molecule has 22 heavy (non-hydrogen) atoms. The van der Waals surface area contributed by atoms with Gasteiger partial charge in [0.15, 0.2) is 0 Å². The van der Waals surface area contributed by atoms with Crippen LogP contribution >= 0.6 is 15.9 Å². The maximum Gasteiger partial charge on any atom is 0.337 e. The Balaban J connectivity index is 2.21. The number of carboxylic acid groups (broad SMARTS) is 1. The highest BCUT2D eigenvalue weighted by Crippen LogP contribution is 2.21. The van der Waals surface area contributed by atoms with Gasteiger partial charge in [-0.05, 0) is 36.3 Å². The van der Waals surface area contributed by atoms with Gasteiger partial charge in [-0.1, -0.05) is 46.3 Å². The third-order valence-electron chi connectivity index (χ3n) is 3.05. The van der Waals surface area contributed by atoms with Crippen LogP contribution in [0, 0.1) is 0 Å². The Morgan fingerprint density at radius 3 is 2.45 bits per heavy atom. The van der Waals surface area contributed by atoms with Gasteiger partial charge >= 0.3 is 5.97 Å². The molecule has 2 N–H and O–H groups in total. The lowest BCUT2D eigenvalue weighted by Gasteiger charge is -2.08. The molecule has 5 heteroatoms. The second kappa shape index (κ2) is 7.04. The van der Waals surface area contributed by atoms with Crippen LogP contribution in [-0.4, -0.2) is 17.0 Å². The highest BCUT2D eigenvalue weighted by atomic mass is 79.9. The van der Waals surface area contributed by atoms with Crippen molar-refractivity contribution in [3.05, 3.63) is 70.2 Å². The first-order chi connectivity index (χ1) is 10.5. The molecule has 112 valence electrons. The molecule has 0 aliphatic rings. The van der Waals surface area contributed by atoms with Gasteiger partial charge < -0.3 is 10.4 Å². The van der Waals surface area contributed by atoms with E-state index >= 15 is 0 Å². The molecule has 0 spiro atoms. The van der Waals surface area contributed by atoms with Crippen LogP contribution in [0.5, 0.6) is 0 Å². The number of hydrogen-bond acceptors (Lipinski definition) is 2. The van der Waals surface area contributed by atoms with Crippen LogP contribution in [-0.2, 0) is 4.79 Å². The maximum absolute atomic E-state index is 12.1. The van der Waals surface area contributed by atoms with E-state index in [-0.39, 0.29) is 17.2 Å². The summed E-state index contributed by atoms with van der Waals surface area (Å²) in [5.41, 5.74) is 2.03. The van der Waals surface area contributed by atoms with E-state index in [2.05, 4.69) is 21.2 Å². The average molecular weight is 360 g/mol. The third-order valence-corrected chi connectivity index (χ3v) is 3.54. The van der Waals surface area contributed by atoms with E-state index in [1.807, 2.05) is 37.3 Å². The lowest BCUT2D eigenvalue weighted by atomic mass is 10.1. The molecule has 0 atom stereocenters. The van der Waals surface area contributed by atoms with Crippen molar-refractivity contribution in [1.29, 1.82) is 0 Å². The van der Waals surface area contributed by atoms with Crippen molar-refractivity contribution in [1.82, 2.24) is 0 Å². The van der Waals surface area contributed by atoms with E-state index in [0.717, 1.165) is 11.1 Å². The third kappa shape index (κ3) is 4.05. The molecule has 0 radical (unpaired) electrons. The molecule has 0 heterocycles. The van der Waals surface area contributed by atoms with Crippen LogP contribution in [0.1, 0.15) is 22.8 Å². The van der Waals surface area contributed by atoms with Gasteiger partial charge in [-0.2, -0.15) is 0 Å². The number of nitrogens with one attached hydrogen (secondary N) is 1. The number of amides is 1. The molecular weight excluding hydrogens is 346 g/mol. The summed E-state index contributed by atoms with van der Waals surface area (Å²) in [6.07, 6.45) is 1.45. The Bertz CT molecular complexity index is 739. The van der Waals surface area contributed by atoms with Crippen LogP contribution < -0.4 is 5.32 Å². The summed E-state index contributed by atoms with van der Waals surface area (Å²) in [6, 6.07) is 14.2. The lowest BCUT2D eigenvalue weighted by molar-refractivity contribution is -0.111. The van der Waals surface area contributed by atoms with Gasteiger partial charge in [-0.15, -0.1) is 0 Å². The van der Waals surface area contributed by atoms with Crippen molar-refractivity contribution in [2.45, 2.75) is 6.92 Å². The summed E-state index contributed by atoms with van der Waals surface area (Å²) in [5, 5.41) is 11.8. The molecule has 0 saturated heterocycles. The van der Waals surface area contributed by atoms with Gasteiger partial charge in [0.05, 0.1) is 11.3 Å². The van der Waals surface area contributed by atoms with Crippen LogP contribution in [0.15, 0.2) is 59.1 Å². The molecule has 0 bridgehead atoms.